The molecule has 1 atom stereocenters. The highest BCUT2D eigenvalue weighted by molar-refractivity contribution is 7.18. The number of ketones is 1. The predicted molar refractivity (Wildman–Crippen MR) is 116 cm³/mol. The summed E-state index contributed by atoms with van der Waals surface area (Å²) in [6.45, 7) is 2.26. The van der Waals surface area contributed by atoms with Crippen LogP contribution in [0.15, 0.2) is 54.6 Å². The van der Waals surface area contributed by atoms with Crippen molar-refractivity contribution in [3.05, 3.63) is 85.5 Å². The molecule has 1 aliphatic rings. The molecule has 1 aliphatic heterocycles. The molecule has 4 rings (SSSR count). The Balaban J connectivity index is 1.73. The number of hydrogen-bond acceptors (Lipinski definition) is 4. The Morgan fingerprint density at radius 1 is 1.14 bits per heavy atom. The highest BCUT2D eigenvalue weighted by atomic mass is 35.5. The highest BCUT2D eigenvalue weighted by Gasteiger charge is 2.51. The third-order valence-corrected chi connectivity index (χ3v) is 6.66. The second-order valence-electron chi connectivity index (χ2n) is 7.04. The number of Topliss-reactive ketones (excluding diaryl/α,β-unsaturated/α-hetero) is 1. The van der Waals surface area contributed by atoms with Crippen LogP contribution in [0.2, 0.25) is 9.36 Å². The number of carbonyl (C=O) groups excluding carboxylic acids is 2. The molecule has 0 fully saturated rings. The number of benzene rings is 2. The summed E-state index contributed by atoms with van der Waals surface area (Å²) in [6.07, 6.45) is -0.375. The van der Waals surface area contributed by atoms with Gasteiger partial charge >= 0.3 is 0 Å². The van der Waals surface area contributed by atoms with Gasteiger partial charge in [-0.1, -0.05) is 47.5 Å². The topological polar surface area (TPSA) is 57.6 Å². The van der Waals surface area contributed by atoms with Gasteiger partial charge in [0.2, 0.25) is 0 Å². The monoisotopic (exact) mass is 445 g/mol. The minimum absolute atomic E-state index is 0.293. The lowest BCUT2D eigenvalue weighted by Crippen LogP contribution is -2.41. The van der Waals surface area contributed by atoms with Crippen LogP contribution in [-0.2, 0) is 16.9 Å². The fraction of sp³-hybridized carbons (Fsp3) is 0.182. The number of aliphatic hydroxyl groups is 1. The Labute approximate surface area is 182 Å². The van der Waals surface area contributed by atoms with Crippen LogP contribution in [0.3, 0.4) is 0 Å². The van der Waals surface area contributed by atoms with Gasteiger partial charge in [0.15, 0.2) is 11.4 Å². The Bertz CT molecular complexity index is 1130. The molecule has 7 heteroatoms. The molecule has 29 heavy (non-hydrogen) atoms. The zero-order valence-corrected chi connectivity index (χ0v) is 17.8. The minimum atomic E-state index is -1.98. The second kappa shape index (κ2) is 7.58. The first-order valence-electron chi connectivity index (χ1n) is 8.97. The second-order valence-corrected chi connectivity index (χ2v) is 9.19. The molecule has 2 aromatic carbocycles. The van der Waals surface area contributed by atoms with Crippen LogP contribution in [0.5, 0.6) is 0 Å². The number of amides is 1. The van der Waals surface area contributed by atoms with Crippen molar-refractivity contribution in [2.45, 2.75) is 25.5 Å². The fourth-order valence-corrected chi connectivity index (χ4v) is 4.74. The fourth-order valence-electron chi connectivity index (χ4n) is 3.59. The van der Waals surface area contributed by atoms with Crippen molar-refractivity contribution in [3.63, 3.8) is 0 Å². The number of rotatable bonds is 5. The lowest BCUT2D eigenvalue weighted by Gasteiger charge is -2.23. The molecular formula is C22H17Cl2NO3S. The number of thiophene rings is 1. The van der Waals surface area contributed by atoms with Gasteiger partial charge in [-0.05, 0) is 48.4 Å². The molecule has 0 radical (unpaired) electrons. The molecule has 0 saturated heterocycles. The summed E-state index contributed by atoms with van der Waals surface area (Å²) >= 11 is 13.2. The summed E-state index contributed by atoms with van der Waals surface area (Å²) in [4.78, 5) is 28.0. The van der Waals surface area contributed by atoms with Crippen LogP contribution >= 0.6 is 34.5 Å². The maximum absolute atomic E-state index is 13.3. The maximum atomic E-state index is 13.3. The standard InChI is InChI=1S/C22H17Cl2NO3S/c1-13-4-2-3-5-14(13)12-25-17-7-6-15(23)10-16(17)22(28,21(25)27)11-18(26)19-8-9-20(24)29-19/h2-10,28H,11-12H2,1H3. The first-order chi connectivity index (χ1) is 13.8. The molecule has 1 N–H and O–H groups in total. The van der Waals surface area contributed by atoms with Crippen molar-refractivity contribution in [1.82, 2.24) is 0 Å². The largest absolute Gasteiger partial charge is 0.375 e. The van der Waals surface area contributed by atoms with E-state index in [9.17, 15) is 14.7 Å². The average molecular weight is 446 g/mol. The number of nitrogens with zero attached hydrogens (tertiary/aromatic N) is 1. The van der Waals surface area contributed by atoms with E-state index in [4.69, 9.17) is 23.2 Å². The van der Waals surface area contributed by atoms with Crippen molar-refractivity contribution in [1.29, 1.82) is 0 Å². The molecule has 2 heterocycles. The van der Waals surface area contributed by atoms with Gasteiger partial charge in [0.25, 0.3) is 5.91 Å². The van der Waals surface area contributed by atoms with E-state index in [0.29, 0.717) is 32.0 Å². The zero-order chi connectivity index (χ0) is 20.8. The van der Waals surface area contributed by atoms with Crippen LogP contribution < -0.4 is 4.90 Å². The number of aryl methyl sites for hydroxylation is 1. The van der Waals surface area contributed by atoms with Crippen molar-refractivity contribution in [2.75, 3.05) is 4.90 Å². The molecule has 1 aromatic heterocycles. The van der Waals surface area contributed by atoms with Crippen LogP contribution in [-0.4, -0.2) is 16.8 Å². The van der Waals surface area contributed by atoms with Gasteiger partial charge in [0.05, 0.1) is 27.9 Å². The zero-order valence-electron chi connectivity index (χ0n) is 15.5. The maximum Gasteiger partial charge on any atom is 0.264 e. The summed E-state index contributed by atoms with van der Waals surface area (Å²) < 4.78 is 0.475. The van der Waals surface area contributed by atoms with Gasteiger partial charge in [-0.15, -0.1) is 11.3 Å². The molecule has 3 aromatic rings. The molecule has 4 nitrogen and oxygen atoms in total. The number of carbonyl (C=O) groups is 2. The molecular weight excluding hydrogens is 429 g/mol. The molecule has 0 saturated carbocycles. The van der Waals surface area contributed by atoms with E-state index in [-0.39, 0.29) is 12.2 Å². The van der Waals surface area contributed by atoms with Gasteiger partial charge in [0.1, 0.15) is 0 Å². The van der Waals surface area contributed by atoms with E-state index in [1.165, 1.54) is 4.90 Å². The molecule has 0 aliphatic carbocycles. The van der Waals surface area contributed by atoms with Crippen LogP contribution in [0.1, 0.15) is 32.8 Å². The predicted octanol–water partition coefficient (Wildman–Crippen LogP) is 5.37. The lowest BCUT2D eigenvalue weighted by molar-refractivity contribution is -0.136. The third-order valence-electron chi connectivity index (χ3n) is 5.15. The molecule has 0 spiro atoms. The smallest absolute Gasteiger partial charge is 0.264 e. The lowest BCUT2D eigenvalue weighted by atomic mass is 9.89. The van der Waals surface area contributed by atoms with Gasteiger partial charge in [-0.25, -0.2) is 0 Å². The minimum Gasteiger partial charge on any atom is -0.375 e. The van der Waals surface area contributed by atoms with Crippen LogP contribution in [0.4, 0.5) is 5.69 Å². The molecule has 148 valence electrons. The van der Waals surface area contributed by atoms with E-state index in [1.54, 1.807) is 30.3 Å². The van der Waals surface area contributed by atoms with E-state index < -0.39 is 11.5 Å². The quantitative estimate of drug-likeness (QED) is 0.536. The first kappa shape index (κ1) is 20.1. The van der Waals surface area contributed by atoms with Crippen molar-refractivity contribution < 1.29 is 14.7 Å². The number of hydrogen-bond donors (Lipinski definition) is 1. The summed E-state index contributed by atoms with van der Waals surface area (Å²) in [5, 5.41) is 11.8. The number of anilines is 1. The number of fused-ring (bicyclic) bond motifs is 1. The average Bonchev–Trinajstić information content (AvgIpc) is 3.20. The Kier molecular flexibility index (Phi) is 5.25. The van der Waals surface area contributed by atoms with Crippen molar-refractivity contribution in [2.24, 2.45) is 0 Å². The number of halogens is 2. The molecule has 0 bridgehead atoms. The van der Waals surface area contributed by atoms with Gasteiger partial charge in [-0.3, -0.25) is 9.59 Å². The molecule has 1 amide bonds. The van der Waals surface area contributed by atoms with Crippen molar-refractivity contribution >= 4 is 51.9 Å². The Morgan fingerprint density at radius 3 is 2.59 bits per heavy atom. The summed E-state index contributed by atoms with van der Waals surface area (Å²) in [7, 11) is 0. The third kappa shape index (κ3) is 3.60. The van der Waals surface area contributed by atoms with Gasteiger partial charge in [-0.2, -0.15) is 0 Å². The van der Waals surface area contributed by atoms with E-state index in [1.807, 2.05) is 31.2 Å². The molecule has 1 unspecified atom stereocenters. The van der Waals surface area contributed by atoms with E-state index in [2.05, 4.69) is 0 Å². The SMILES string of the molecule is Cc1ccccc1CN1C(=O)C(O)(CC(=O)c2ccc(Cl)s2)c2cc(Cl)ccc21. The van der Waals surface area contributed by atoms with Crippen molar-refractivity contribution in [3.8, 4) is 0 Å². The highest BCUT2D eigenvalue weighted by Crippen LogP contribution is 2.45. The normalized spacial score (nSPS) is 18.2. The summed E-state index contributed by atoms with van der Waals surface area (Å²) in [5.74, 6) is -0.879. The first-order valence-corrected chi connectivity index (χ1v) is 10.5. The Morgan fingerprint density at radius 2 is 1.90 bits per heavy atom. The van der Waals surface area contributed by atoms with Gasteiger partial charge in [0, 0.05) is 10.6 Å². The van der Waals surface area contributed by atoms with Crippen LogP contribution in [0, 0.1) is 6.92 Å². The van der Waals surface area contributed by atoms with Gasteiger partial charge < -0.3 is 10.0 Å². The summed E-state index contributed by atoms with van der Waals surface area (Å²) in [5.41, 5.74) is 0.927. The van der Waals surface area contributed by atoms with E-state index >= 15 is 0 Å². The van der Waals surface area contributed by atoms with E-state index in [0.717, 1.165) is 22.5 Å². The Hall–Kier alpha value is -2.18. The summed E-state index contributed by atoms with van der Waals surface area (Å²) in [6, 6.07) is 15.9. The van der Waals surface area contributed by atoms with Crippen LogP contribution in [0.25, 0.3) is 0 Å².